The summed E-state index contributed by atoms with van der Waals surface area (Å²) >= 11 is 18.5. The molecule has 1 aliphatic rings. The lowest BCUT2D eigenvalue weighted by Crippen LogP contribution is -2.36. The number of hydrogen-bond acceptors (Lipinski definition) is 5. The molecule has 0 aromatic heterocycles. The second kappa shape index (κ2) is 11.0. The molecule has 0 aromatic rings. The van der Waals surface area contributed by atoms with Gasteiger partial charge in [-0.1, -0.05) is 24.4 Å². The van der Waals surface area contributed by atoms with E-state index in [0.717, 1.165) is 0 Å². The van der Waals surface area contributed by atoms with Gasteiger partial charge in [0.25, 0.3) is 0 Å². The molecule has 0 saturated carbocycles. The Morgan fingerprint density at radius 3 is 1.65 bits per heavy atom. The summed E-state index contributed by atoms with van der Waals surface area (Å²) in [5, 5.41) is 0. The van der Waals surface area contributed by atoms with Gasteiger partial charge in [0.15, 0.2) is 0 Å². The molecule has 0 amide bonds. The Bertz CT molecular complexity index is 290. The maximum absolute atomic E-state index is 5.59. The second-order valence-corrected chi connectivity index (χ2v) is 6.30. The third-order valence-corrected chi connectivity index (χ3v) is 3.76. The number of nitrogens with zero attached hydrogens (tertiary/aromatic N) is 2. The highest BCUT2D eigenvalue weighted by Crippen LogP contribution is 2.01. The molecule has 9 heteroatoms. The predicted molar refractivity (Wildman–Crippen MR) is 93.9 cm³/mol. The predicted octanol–water partition coefficient (Wildman–Crippen LogP) is 1.04. The van der Waals surface area contributed by atoms with Gasteiger partial charge in [-0.3, -0.25) is 0 Å². The molecule has 116 valence electrons. The summed E-state index contributed by atoms with van der Waals surface area (Å²) in [4.78, 5) is 3.78. The van der Waals surface area contributed by atoms with Crippen molar-refractivity contribution < 1.29 is 14.2 Å². The summed E-state index contributed by atoms with van der Waals surface area (Å²) in [6, 6.07) is 0. The average molecular weight is 357 g/mol. The van der Waals surface area contributed by atoms with Crippen molar-refractivity contribution in [2.45, 2.75) is 0 Å². The number of hydrogen-bond donors (Lipinski definition) is 2. The first kappa shape index (κ1) is 18.4. The van der Waals surface area contributed by atoms with Gasteiger partial charge < -0.3 is 24.0 Å². The Balaban J connectivity index is 2.46. The van der Waals surface area contributed by atoms with Crippen molar-refractivity contribution in [3.63, 3.8) is 0 Å². The molecule has 1 rings (SSSR count). The molecule has 20 heavy (non-hydrogen) atoms. The summed E-state index contributed by atoms with van der Waals surface area (Å²) < 4.78 is 17.6. The van der Waals surface area contributed by atoms with E-state index in [1.54, 1.807) is 0 Å². The van der Waals surface area contributed by atoms with E-state index in [1.807, 2.05) is 9.80 Å². The van der Waals surface area contributed by atoms with Gasteiger partial charge in [0.2, 0.25) is 0 Å². The molecular weight excluding hydrogens is 336 g/mol. The molecule has 0 unspecified atom stereocenters. The molecule has 1 fully saturated rings. The van der Waals surface area contributed by atoms with Crippen LogP contribution >= 0.6 is 49.7 Å². The van der Waals surface area contributed by atoms with Crippen molar-refractivity contribution in [3.05, 3.63) is 0 Å². The Kier molecular flexibility index (Phi) is 10.1. The first-order valence-corrected chi connectivity index (χ1v) is 8.01. The molecule has 5 nitrogen and oxygen atoms in total. The van der Waals surface area contributed by atoms with Crippen LogP contribution < -0.4 is 0 Å². The average Bonchev–Trinajstić information content (AvgIpc) is 2.40. The van der Waals surface area contributed by atoms with Crippen LogP contribution in [-0.2, 0) is 14.2 Å². The molecule has 0 aliphatic carbocycles. The van der Waals surface area contributed by atoms with Gasteiger partial charge in [0.05, 0.1) is 33.0 Å². The fourth-order valence-electron chi connectivity index (χ4n) is 1.54. The number of thiocarbonyl (C=S) groups is 2. The number of ether oxygens (including phenoxy) is 3. The van der Waals surface area contributed by atoms with Crippen molar-refractivity contribution in [2.75, 3.05) is 59.4 Å². The minimum atomic E-state index is 0.398. The van der Waals surface area contributed by atoms with Crippen molar-refractivity contribution in [1.29, 1.82) is 0 Å². The van der Waals surface area contributed by atoms with Crippen LogP contribution in [0.2, 0.25) is 0 Å². The molecule has 0 N–H and O–H groups in total. The molecule has 0 aromatic carbocycles. The fourth-order valence-corrected chi connectivity index (χ4v) is 2.22. The monoisotopic (exact) mass is 356 g/mol. The second-order valence-electron chi connectivity index (χ2n) is 4.08. The summed E-state index contributed by atoms with van der Waals surface area (Å²) in [7, 11) is 0. The van der Waals surface area contributed by atoms with Gasteiger partial charge in [0, 0.05) is 19.6 Å². The first-order valence-electron chi connectivity index (χ1n) is 6.30. The summed E-state index contributed by atoms with van der Waals surface area (Å²) in [5.41, 5.74) is 0. The van der Waals surface area contributed by atoms with E-state index in [9.17, 15) is 0 Å². The van der Waals surface area contributed by atoms with Gasteiger partial charge in [-0.2, -0.15) is 0 Å². The van der Waals surface area contributed by atoms with Crippen molar-refractivity contribution >= 4 is 58.3 Å². The summed E-state index contributed by atoms with van der Waals surface area (Å²) in [5.74, 6) is 0. The van der Waals surface area contributed by atoms with Crippen LogP contribution in [0.4, 0.5) is 0 Å². The quantitative estimate of drug-likeness (QED) is 0.496. The van der Waals surface area contributed by atoms with Gasteiger partial charge in [-0.05, 0) is 0 Å². The molecule has 0 bridgehead atoms. The van der Waals surface area contributed by atoms with E-state index in [-0.39, 0.29) is 0 Å². The third kappa shape index (κ3) is 7.96. The Labute approximate surface area is 141 Å². The van der Waals surface area contributed by atoms with Crippen LogP contribution in [0.25, 0.3) is 0 Å². The van der Waals surface area contributed by atoms with Crippen LogP contribution in [-0.4, -0.2) is 77.8 Å². The Hall–Kier alpha value is 0.360. The highest BCUT2D eigenvalue weighted by molar-refractivity contribution is 8.11. The van der Waals surface area contributed by atoms with Gasteiger partial charge in [-0.25, -0.2) is 0 Å². The molecule has 0 spiro atoms. The van der Waals surface area contributed by atoms with E-state index in [1.165, 1.54) is 0 Å². The van der Waals surface area contributed by atoms with Gasteiger partial charge in [-0.15, -0.1) is 25.3 Å². The minimum Gasteiger partial charge on any atom is -0.377 e. The molecule has 1 aliphatic heterocycles. The van der Waals surface area contributed by atoms with Crippen molar-refractivity contribution in [1.82, 2.24) is 9.80 Å². The van der Waals surface area contributed by atoms with Crippen LogP contribution in [0.15, 0.2) is 0 Å². The lowest BCUT2D eigenvalue weighted by Gasteiger charge is -2.26. The first-order chi connectivity index (χ1) is 9.61. The fraction of sp³-hybridized carbons (Fsp3) is 0.818. The molecule has 0 radical (unpaired) electrons. The topological polar surface area (TPSA) is 34.2 Å². The zero-order chi connectivity index (χ0) is 14.8. The van der Waals surface area contributed by atoms with Crippen LogP contribution in [0.1, 0.15) is 0 Å². The van der Waals surface area contributed by atoms with E-state index in [2.05, 4.69) is 25.3 Å². The van der Waals surface area contributed by atoms with E-state index in [0.29, 0.717) is 68.0 Å². The van der Waals surface area contributed by atoms with Crippen molar-refractivity contribution in [3.8, 4) is 0 Å². The smallest absolute Gasteiger partial charge is 0.135 e. The highest BCUT2D eigenvalue weighted by atomic mass is 32.1. The van der Waals surface area contributed by atoms with E-state index >= 15 is 0 Å². The lowest BCUT2D eigenvalue weighted by molar-refractivity contribution is 0.0123. The third-order valence-electron chi connectivity index (χ3n) is 2.68. The number of thiol groups is 2. The zero-order valence-corrected chi connectivity index (χ0v) is 14.6. The Morgan fingerprint density at radius 1 is 0.700 bits per heavy atom. The minimum absolute atomic E-state index is 0.398. The van der Waals surface area contributed by atoms with E-state index < -0.39 is 0 Å². The molecule has 1 heterocycles. The van der Waals surface area contributed by atoms with Gasteiger partial charge in [0.1, 0.15) is 15.4 Å². The standard InChI is InChI=1S/C11H20N2O3S4/c17-10(18)12-1-4-14-7-8-15-5-3-13(11(19)20)9-16-6-2-12/h1-9H2,(H,17,18)(H,19,20). The molecule has 1 saturated heterocycles. The zero-order valence-electron chi connectivity index (χ0n) is 11.2. The van der Waals surface area contributed by atoms with Crippen molar-refractivity contribution in [2.24, 2.45) is 0 Å². The van der Waals surface area contributed by atoms with Crippen LogP contribution in [0, 0.1) is 0 Å². The summed E-state index contributed by atoms with van der Waals surface area (Å²) in [6.07, 6.45) is 0. The highest BCUT2D eigenvalue weighted by Gasteiger charge is 2.09. The Morgan fingerprint density at radius 2 is 1.15 bits per heavy atom. The SMILES string of the molecule is S=C(S)N1CCOCCOCCN(C(=S)S)COCC1. The normalized spacial score (nSPS) is 20.3. The molecular formula is C11H20N2O3S4. The lowest BCUT2D eigenvalue weighted by atomic mass is 10.5. The molecule has 0 atom stereocenters. The van der Waals surface area contributed by atoms with Crippen LogP contribution in [0.3, 0.4) is 0 Å². The number of rotatable bonds is 0. The van der Waals surface area contributed by atoms with Crippen LogP contribution in [0.5, 0.6) is 0 Å². The van der Waals surface area contributed by atoms with E-state index in [4.69, 9.17) is 38.6 Å². The van der Waals surface area contributed by atoms with Gasteiger partial charge >= 0.3 is 0 Å². The maximum atomic E-state index is 5.59. The maximum Gasteiger partial charge on any atom is 0.135 e. The summed E-state index contributed by atoms with van der Waals surface area (Å²) in [6.45, 7) is 5.24. The largest absolute Gasteiger partial charge is 0.377 e.